The maximum atomic E-state index is 6.46. The van der Waals surface area contributed by atoms with Gasteiger partial charge in [0.05, 0.1) is 13.7 Å². The third-order valence-corrected chi connectivity index (χ3v) is 10.6. The number of para-hydroxylation sites is 1. The molecule has 4 aromatic carbocycles. The number of nitrogens with zero attached hydrogens (tertiary/aromatic N) is 2. The molecule has 0 amide bonds. The van der Waals surface area contributed by atoms with Crippen molar-refractivity contribution >= 4 is 35.2 Å². The Labute approximate surface area is 299 Å². The van der Waals surface area contributed by atoms with Gasteiger partial charge in [-0.15, -0.1) is 53.6 Å². The Balaban J connectivity index is 0.000000224. The molecule has 5 heteroatoms. The summed E-state index contributed by atoms with van der Waals surface area (Å²) in [7, 11) is -1.23. The molecule has 245 valence electrons. The van der Waals surface area contributed by atoms with Crippen LogP contribution in [0, 0.1) is 31.9 Å². The molecule has 0 bridgehead atoms. The summed E-state index contributed by atoms with van der Waals surface area (Å²) in [6.45, 7) is 15.8. The summed E-state index contributed by atoms with van der Waals surface area (Å²) >= 11 is 0. The number of rotatable bonds is 6. The van der Waals surface area contributed by atoms with Crippen LogP contribution in [0.3, 0.4) is 0 Å². The quantitative estimate of drug-likeness (QED) is 0.124. The maximum Gasteiger partial charge on any atom is 0.131 e. The molecule has 0 N–H and O–H groups in total. The molecular formula is C43H42IrN2OSi-2. The molecule has 0 fully saturated rings. The predicted octanol–water partition coefficient (Wildman–Crippen LogP) is 11.0. The predicted molar refractivity (Wildman–Crippen MR) is 201 cm³/mol. The third-order valence-electron chi connectivity index (χ3n) is 8.54. The Morgan fingerprint density at radius 1 is 0.750 bits per heavy atom. The number of aryl methyl sites for hydroxylation is 2. The molecule has 0 aliphatic carbocycles. The SMILES string of the molecule is C[Si](C)(C)c1ccc(-c2[c-]cccc2)nc1.Cc1cccc(C)c1-c1cccc2c1oc1cc(-c3cc(CC(C)C)ccn3)[c-]cc12.[Ir]. The van der Waals surface area contributed by atoms with Gasteiger partial charge in [0.15, 0.2) is 0 Å². The Morgan fingerprint density at radius 3 is 2.19 bits per heavy atom. The minimum atomic E-state index is -1.23. The van der Waals surface area contributed by atoms with Gasteiger partial charge in [-0.1, -0.05) is 105 Å². The van der Waals surface area contributed by atoms with Gasteiger partial charge >= 0.3 is 0 Å². The van der Waals surface area contributed by atoms with E-state index in [0.29, 0.717) is 5.92 Å². The smallest absolute Gasteiger partial charge is 0.131 e. The second-order valence-corrected chi connectivity index (χ2v) is 18.9. The standard InChI is InChI=1S/C29H26NO.C14H16NSi.Ir/c1-18(2)15-21-13-14-30-26(16-21)22-11-12-23-24-9-6-10-25(29(24)31-27(23)17-22)28-19(3)7-5-8-20(28)4;1-16(2,3)13-9-10-14(15-11-13)12-7-5-4-6-8-12;/h5-10,12-14,16-18H,15H2,1-4H3;4-7,9-11H,1-3H3;/q2*-1;. The van der Waals surface area contributed by atoms with E-state index < -0.39 is 8.07 Å². The van der Waals surface area contributed by atoms with Crippen LogP contribution in [0.2, 0.25) is 19.6 Å². The molecule has 0 saturated carbocycles. The van der Waals surface area contributed by atoms with Gasteiger partial charge in [0.1, 0.15) is 5.58 Å². The van der Waals surface area contributed by atoms with Gasteiger partial charge in [-0.2, -0.15) is 0 Å². The minimum Gasteiger partial charge on any atom is -0.476 e. The molecule has 7 aromatic rings. The molecule has 48 heavy (non-hydrogen) atoms. The zero-order valence-electron chi connectivity index (χ0n) is 28.8. The molecule has 7 rings (SSSR count). The summed E-state index contributed by atoms with van der Waals surface area (Å²) in [6.07, 6.45) is 4.95. The molecular weight excluding hydrogens is 781 g/mol. The van der Waals surface area contributed by atoms with E-state index in [0.717, 1.165) is 56.4 Å². The van der Waals surface area contributed by atoms with Crippen molar-refractivity contribution in [3.05, 3.63) is 138 Å². The maximum absolute atomic E-state index is 6.46. The summed E-state index contributed by atoms with van der Waals surface area (Å²) in [6, 6.07) is 40.1. The molecule has 0 atom stereocenters. The van der Waals surface area contributed by atoms with E-state index in [1.807, 2.05) is 42.7 Å². The van der Waals surface area contributed by atoms with E-state index in [1.54, 1.807) is 0 Å². The van der Waals surface area contributed by atoms with Gasteiger partial charge in [0.25, 0.3) is 0 Å². The fraction of sp³-hybridized carbons (Fsp3) is 0.209. The monoisotopic (exact) mass is 823 g/mol. The van der Waals surface area contributed by atoms with Gasteiger partial charge in [-0.05, 0) is 70.9 Å². The molecule has 0 aliphatic heterocycles. The Kier molecular flexibility index (Phi) is 10.9. The van der Waals surface area contributed by atoms with Crippen LogP contribution in [0.5, 0.6) is 0 Å². The minimum absolute atomic E-state index is 0. The van der Waals surface area contributed by atoms with E-state index >= 15 is 0 Å². The van der Waals surface area contributed by atoms with E-state index in [4.69, 9.17) is 4.42 Å². The van der Waals surface area contributed by atoms with Crippen molar-refractivity contribution in [1.29, 1.82) is 0 Å². The van der Waals surface area contributed by atoms with Crippen molar-refractivity contribution in [2.75, 3.05) is 0 Å². The van der Waals surface area contributed by atoms with Crippen LogP contribution in [-0.4, -0.2) is 18.0 Å². The van der Waals surface area contributed by atoms with Crippen LogP contribution in [0.25, 0.3) is 55.6 Å². The van der Waals surface area contributed by atoms with Crippen molar-refractivity contribution in [3.8, 4) is 33.6 Å². The number of hydrogen-bond acceptors (Lipinski definition) is 3. The summed E-state index contributed by atoms with van der Waals surface area (Å²) in [5.74, 6) is 0.611. The third kappa shape index (κ3) is 7.76. The molecule has 0 saturated heterocycles. The van der Waals surface area contributed by atoms with Gasteiger partial charge in [-0.25, -0.2) is 0 Å². The fourth-order valence-corrected chi connectivity index (χ4v) is 7.12. The second-order valence-electron chi connectivity index (χ2n) is 13.8. The Morgan fingerprint density at radius 2 is 1.52 bits per heavy atom. The number of benzene rings is 4. The van der Waals surface area contributed by atoms with Crippen LogP contribution in [0.15, 0.2) is 114 Å². The van der Waals surface area contributed by atoms with E-state index in [2.05, 4.69) is 136 Å². The second kappa shape index (κ2) is 14.9. The zero-order valence-corrected chi connectivity index (χ0v) is 32.2. The molecule has 0 aliphatic rings. The van der Waals surface area contributed by atoms with E-state index in [9.17, 15) is 0 Å². The number of aromatic nitrogens is 2. The van der Waals surface area contributed by atoms with Crippen molar-refractivity contribution in [3.63, 3.8) is 0 Å². The number of pyridine rings is 2. The van der Waals surface area contributed by atoms with E-state index in [1.165, 1.54) is 27.4 Å². The van der Waals surface area contributed by atoms with Crippen LogP contribution in [0.4, 0.5) is 0 Å². The Bertz CT molecular complexity index is 2130. The average molecular weight is 823 g/mol. The first-order chi connectivity index (χ1) is 22.6. The largest absolute Gasteiger partial charge is 0.476 e. The van der Waals surface area contributed by atoms with Gasteiger partial charge in [0.2, 0.25) is 0 Å². The molecule has 1 radical (unpaired) electrons. The van der Waals surface area contributed by atoms with Crippen LogP contribution in [0.1, 0.15) is 30.5 Å². The molecule has 3 nitrogen and oxygen atoms in total. The fourth-order valence-electron chi connectivity index (χ4n) is 6.09. The van der Waals surface area contributed by atoms with Gasteiger partial charge in [-0.3, -0.25) is 0 Å². The van der Waals surface area contributed by atoms with Crippen molar-refractivity contribution in [2.24, 2.45) is 5.92 Å². The number of fused-ring (bicyclic) bond motifs is 3. The molecule has 0 unspecified atom stereocenters. The molecule has 3 aromatic heterocycles. The summed E-state index contributed by atoms with van der Waals surface area (Å²) in [5, 5.41) is 3.61. The Hall–Kier alpha value is -4.15. The van der Waals surface area contributed by atoms with Crippen molar-refractivity contribution in [1.82, 2.24) is 9.97 Å². The van der Waals surface area contributed by atoms with Crippen LogP contribution >= 0.6 is 0 Å². The van der Waals surface area contributed by atoms with Crippen molar-refractivity contribution < 1.29 is 24.5 Å². The zero-order chi connectivity index (χ0) is 33.1. The van der Waals surface area contributed by atoms with Crippen LogP contribution in [-0.2, 0) is 26.5 Å². The van der Waals surface area contributed by atoms with Gasteiger partial charge < -0.3 is 14.4 Å². The average Bonchev–Trinajstić information content (AvgIpc) is 3.44. The number of hydrogen-bond donors (Lipinski definition) is 0. The van der Waals surface area contributed by atoms with Crippen LogP contribution < -0.4 is 5.19 Å². The van der Waals surface area contributed by atoms with Crippen molar-refractivity contribution in [2.45, 2.75) is 53.8 Å². The molecule has 3 heterocycles. The summed E-state index contributed by atoms with van der Waals surface area (Å²) < 4.78 is 6.46. The van der Waals surface area contributed by atoms with E-state index in [-0.39, 0.29) is 20.1 Å². The van der Waals surface area contributed by atoms with Gasteiger partial charge in [0, 0.05) is 38.1 Å². The molecule has 0 spiro atoms. The first-order valence-corrected chi connectivity index (χ1v) is 19.9. The number of furan rings is 1. The normalized spacial score (nSPS) is 11.3. The summed E-state index contributed by atoms with van der Waals surface area (Å²) in [4.78, 5) is 9.11. The topological polar surface area (TPSA) is 38.9 Å². The first kappa shape index (κ1) is 35.2. The first-order valence-electron chi connectivity index (χ1n) is 16.4. The summed E-state index contributed by atoms with van der Waals surface area (Å²) in [5.41, 5.74) is 12.0.